The highest BCUT2D eigenvalue weighted by atomic mass is 32.2. The van der Waals surface area contributed by atoms with Gasteiger partial charge >= 0.3 is 12.1 Å². The molecular formula is C14H17NO6S. The van der Waals surface area contributed by atoms with Gasteiger partial charge in [0.1, 0.15) is 12.0 Å². The van der Waals surface area contributed by atoms with Gasteiger partial charge in [0.2, 0.25) is 0 Å². The van der Waals surface area contributed by atoms with Crippen molar-refractivity contribution in [3.05, 3.63) is 35.9 Å². The van der Waals surface area contributed by atoms with Gasteiger partial charge < -0.3 is 15.2 Å². The molecule has 22 heavy (non-hydrogen) atoms. The molecule has 1 aliphatic carbocycles. The Morgan fingerprint density at radius 1 is 1.36 bits per heavy atom. The molecule has 1 fully saturated rings. The van der Waals surface area contributed by atoms with E-state index in [1.165, 1.54) is 0 Å². The van der Waals surface area contributed by atoms with Gasteiger partial charge in [0, 0.05) is 12.8 Å². The number of rotatable bonds is 6. The van der Waals surface area contributed by atoms with Gasteiger partial charge in [-0.25, -0.2) is 13.2 Å². The number of aliphatic carboxylic acids is 1. The van der Waals surface area contributed by atoms with E-state index in [-0.39, 0.29) is 19.6 Å². The van der Waals surface area contributed by atoms with Crippen LogP contribution in [0.4, 0.5) is 4.79 Å². The van der Waals surface area contributed by atoms with Crippen molar-refractivity contribution in [1.82, 2.24) is 5.32 Å². The van der Waals surface area contributed by atoms with Crippen LogP contribution in [0.3, 0.4) is 0 Å². The summed E-state index contributed by atoms with van der Waals surface area (Å²) in [6.07, 6.45) is 0.222. The van der Waals surface area contributed by atoms with Crippen molar-refractivity contribution in [3.8, 4) is 0 Å². The molecule has 0 spiro atoms. The average Bonchev–Trinajstić information content (AvgIpc) is 3.20. The van der Waals surface area contributed by atoms with Crippen molar-refractivity contribution in [2.45, 2.75) is 18.3 Å². The first-order valence-corrected chi connectivity index (χ1v) is 8.58. The van der Waals surface area contributed by atoms with Crippen molar-refractivity contribution in [3.63, 3.8) is 0 Å². The number of hydrogen-bond acceptors (Lipinski definition) is 5. The van der Waals surface area contributed by atoms with Crippen LogP contribution in [0, 0.1) is 5.41 Å². The Balaban J connectivity index is 1.86. The minimum Gasteiger partial charge on any atom is -0.481 e. The first-order valence-electron chi connectivity index (χ1n) is 6.62. The number of carboxylic acids is 1. The number of hydrogen-bond donors (Lipinski definition) is 2. The van der Waals surface area contributed by atoms with Crippen LogP contribution in [-0.2, 0) is 26.0 Å². The summed E-state index contributed by atoms with van der Waals surface area (Å²) in [5, 5.41) is 10.6. The quantitative estimate of drug-likeness (QED) is 0.800. The average molecular weight is 327 g/mol. The molecule has 120 valence electrons. The van der Waals surface area contributed by atoms with Crippen LogP contribution in [0.2, 0.25) is 0 Å². The summed E-state index contributed by atoms with van der Waals surface area (Å²) >= 11 is 0. The fourth-order valence-corrected chi connectivity index (χ4v) is 3.93. The Morgan fingerprint density at radius 2 is 2.00 bits per heavy atom. The van der Waals surface area contributed by atoms with Crippen molar-refractivity contribution < 1.29 is 27.9 Å². The third-order valence-corrected chi connectivity index (χ3v) is 5.36. The zero-order valence-corrected chi connectivity index (χ0v) is 12.8. The lowest BCUT2D eigenvalue weighted by atomic mass is 10.1. The summed E-state index contributed by atoms with van der Waals surface area (Å²) in [5.41, 5.74) is -0.648. The molecule has 0 bridgehead atoms. The molecule has 1 aliphatic rings. The molecule has 1 aromatic carbocycles. The number of nitrogens with one attached hydrogen (secondary N) is 1. The molecule has 0 heterocycles. The van der Waals surface area contributed by atoms with Crippen LogP contribution in [0.5, 0.6) is 0 Å². The molecular weight excluding hydrogens is 310 g/mol. The number of benzene rings is 1. The SMILES string of the molecule is CS(=O)(=O)C1CC1(CNC(=O)OCc1ccccc1)C(=O)O. The molecule has 2 unspecified atom stereocenters. The zero-order chi connectivity index (χ0) is 16.4. The largest absolute Gasteiger partial charge is 0.481 e. The van der Waals surface area contributed by atoms with E-state index in [9.17, 15) is 23.1 Å². The van der Waals surface area contributed by atoms with Gasteiger partial charge in [0.25, 0.3) is 0 Å². The number of alkyl carbamates (subject to hydrolysis) is 1. The van der Waals surface area contributed by atoms with E-state index in [2.05, 4.69) is 5.32 Å². The van der Waals surface area contributed by atoms with Gasteiger partial charge in [0.05, 0.1) is 5.25 Å². The first-order chi connectivity index (χ1) is 10.3. The minimum absolute atomic E-state index is 0.000131. The third kappa shape index (κ3) is 3.56. The Kier molecular flexibility index (Phi) is 4.41. The van der Waals surface area contributed by atoms with E-state index in [4.69, 9.17) is 4.74 Å². The smallest absolute Gasteiger partial charge is 0.407 e. The van der Waals surface area contributed by atoms with E-state index in [0.29, 0.717) is 0 Å². The molecule has 2 N–H and O–H groups in total. The number of carboxylic acid groups (broad SMARTS) is 1. The number of amides is 1. The van der Waals surface area contributed by atoms with Crippen molar-refractivity contribution in [1.29, 1.82) is 0 Å². The lowest BCUT2D eigenvalue weighted by Crippen LogP contribution is -2.37. The standard InChI is InChI=1S/C14H17NO6S/c1-22(19,20)11-7-14(11,12(16)17)9-15-13(18)21-8-10-5-3-2-4-6-10/h2-6,11H,7-9H2,1H3,(H,15,18)(H,16,17). The number of carbonyl (C=O) groups is 2. The molecule has 1 aromatic rings. The lowest BCUT2D eigenvalue weighted by molar-refractivity contribution is -0.143. The van der Waals surface area contributed by atoms with E-state index >= 15 is 0 Å². The van der Waals surface area contributed by atoms with Crippen molar-refractivity contribution in [2.24, 2.45) is 5.41 Å². The van der Waals surface area contributed by atoms with E-state index < -0.39 is 32.6 Å². The van der Waals surface area contributed by atoms with E-state index in [0.717, 1.165) is 11.8 Å². The topological polar surface area (TPSA) is 110 Å². The molecule has 0 aliphatic heterocycles. The van der Waals surface area contributed by atoms with E-state index in [1.807, 2.05) is 6.07 Å². The van der Waals surface area contributed by atoms with Gasteiger partial charge in [-0.3, -0.25) is 4.79 Å². The molecule has 0 radical (unpaired) electrons. The number of ether oxygens (including phenoxy) is 1. The summed E-state index contributed by atoms with van der Waals surface area (Å²) in [5.74, 6) is -1.23. The highest BCUT2D eigenvalue weighted by Gasteiger charge is 2.65. The van der Waals surface area contributed by atoms with Gasteiger partial charge in [-0.2, -0.15) is 0 Å². The molecule has 2 atom stereocenters. The van der Waals surface area contributed by atoms with Gasteiger partial charge in [-0.15, -0.1) is 0 Å². The number of carbonyl (C=O) groups excluding carboxylic acids is 1. The molecule has 1 saturated carbocycles. The maximum Gasteiger partial charge on any atom is 0.407 e. The highest BCUT2D eigenvalue weighted by Crippen LogP contribution is 2.50. The summed E-state index contributed by atoms with van der Waals surface area (Å²) in [4.78, 5) is 22.9. The first kappa shape index (κ1) is 16.3. The highest BCUT2D eigenvalue weighted by molar-refractivity contribution is 7.91. The molecule has 2 rings (SSSR count). The summed E-state index contributed by atoms with van der Waals surface area (Å²) in [6.45, 7) is -0.212. The third-order valence-electron chi connectivity index (χ3n) is 3.71. The fourth-order valence-electron chi connectivity index (χ4n) is 2.32. The summed E-state index contributed by atoms with van der Waals surface area (Å²) in [6, 6.07) is 9.01. The van der Waals surface area contributed by atoms with Crippen LogP contribution in [0.25, 0.3) is 0 Å². The Bertz CT molecular complexity index is 672. The van der Waals surface area contributed by atoms with Crippen LogP contribution in [0.15, 0.2) is 30.3 Å². The van der Waals surface area contributed by atoms with Crippen LogP contribution < -0.4 is 5.32 Å². The molecule has 7 nitrogen and oxygen atoms in total. The molecule has 0 aromatic heterocycles. The monoisotopic (exact) mass is 327 g/mol. The Labute approximate surface area is 128 Å². The lowest BCUT2D eigenvalue weighted by Gasteiger charge is -2.13. The summed E-state index contributed by atoms with van der Waals surface area (Å²) < 4.78 is 27.9. The second-order valence-electron chi connectivity index (χ2n) is 5.40. The Hall–Kier alpha value is -2.09. The fraction of sp³-hybridized carbons (Fsp3) is 0.429. The van der Waals surface area contributed by atoms with Crippen LogP contribution >= 0.6 is 0 Å². The number of sulfone groups is 1. The van der Waals surface area contributed by atoms with Crippen molar-refractivity contribution >= 4 is 21.9 Å². The minimum atomic E-state index is -3.46. The maximum atomic E-state index is 11.6. The maximum absolute atomic E-state index is 11.6. The van der Waals surface area contributed by atoms with Gasteiger partial charge in [0.15, 0.2) is 9.84 Å². The molecule has 1 amide bonds. The predicted octanol–water partition coefficient (Wildman–Crippen LogP) is 0.801. The van der Waals surface area contributed by atoms with Crippen LogP contribution in [-0.4, -0.2) is 43.6 Å². The van der Waals surface area contributed by atoms with Gasteiger partial charge in [-0.05, 0) is 12.0 Å². The predicted molar refractivity (Wildman–Crippen MR) is 77.9 cm³/mol. The second kappa shape index (κ2) is 5.96. The molecule has 0 saturated heterocycles. The van der Waals surface area contributed by atoms with Crippen molar-refractivity contribution in [2.75, 3.05) is 12.8 Å². The van der Waals surface area contributed by atoms with Gasteiger partial charge in [-0.1, -0.05) is 30.3 Å². The van der Waals surface area contributed by atoms with Crippen LogP contribution in [0.1, 0.15) is 12.0 Å². The molecule has 8 heteroatoms. The zero-order valence-electron chi connectivity index (χ0n) is 12.0. The second-order valence-corrected chi connectivity index (χ2v) is 7.63. The Morgan fingerprint density at radius 3 is 2.50 bits per heavy atom. The normalized spacial score (nSPS) is 23.6. The summed E-state index contributed by atoms with van der Waals surface area (Å²) in [7, 11) is -3.46. The van der Waals surface area contributed by atoms with E-state index in [1.54, 1.807) is 24.3 Å².